The zero-order valence-electron chi connectivity index (χ0n) is 8.37. The summed E-state index contributed by atoms with van der Waals surface area (Å²) in [7, 11) is 0. The summed E-state index contributed by atoms with van der Waals surface area (Å²) in [6, 6.07) is 0. The Kier molecular flexibility index (Phi) is 2.85. The average molecular weight is 199 g/mol. The third-order valence-corrected chi connectivity index (χ3v) is 1.78. The van der Waals surface area contributed by atoms with Gasteiger partial charge >= 0.3 is 5.97 Å². The van der Waals surface area contributed by atoms with E-state index in [1.165, 1.54) is 0 Å². The smallest absolute Gasteiger partial charge is 0.323 e. The fourth-order valence-corrected chi connectivity index (χ4v) is 0.781. The van der Waals surface area contributed by atoms with Crippen molar-refractivity contribution in [2.75, 3.05) is 0 Å². The highest BCUT2D eigenvalue weighted by molar-refractivity contribution is 5.77. The van der Waals surface area contributed by atoms with E-state index >= 15 is 0 Å². The summed E-state index contributed by atoms with van der Waals surface area (Å²) in [6.45, 7) is 5.07. The summed E-state index contributed by atoms with van der Waals surface area (Å²) in [5.74, 6) is -0.0690. The van der Waals surface area contributed by atoms with Gasteiger partial charge in [-0.05, 0) is 13.8 Å². The van der Waals surface area contributed by atoms with E-state index in [1.54, 1.807) is 20.8 Å². The lowest BCUT2D eigenvalue weighted by Gasteiger charge is -2.19. The van der Waals surface area contributed by atoms with Crippen LogP contribution >= 0.6 is 0 Å². The van der Waals surface area contributed by atoms with Gasteiger partial charge in [0.15, 0.2) is 0 Å². The molecular weight excluding hydrogens is 186 g/mol. The van der Waals surface area contributed by atoms with E-state index in [9.17, 15) is 4.79 Å². The highest BCUT2D eigenvalue weighted by Gasteiger charge is 2.26. The molecule has 0 bridgehead atoms. The summed E-state index contributed by atoms with van der Waals surface area (Å²) >= 11 is 0. The van der Waals surface area contributed by atoms with Crippen molar-refractivity contribution in [1.29, 1.82) is 0 Å². The maximum atomic E-state index is 10.7. The minimum Gasteiger partial charge on any atom is -0.480 e. The number of aromatic nitrogens is 2. The lowest BCUT2D eigenvalue weighted by atomic mass is 10.1. The van der Waals surface area contributed by atoms with Crippen LogP contribution in [0.2, 0.25) is 0 Å². The Balaban J connectivity index is 2.52. The molecule has 0 aliphatic carbocycles. The van der Waals surface area contributed by atoms with Crippen LogP contribution in [0.4, 0.5) is 0 Å². The molecule has 0 spiro atoms. The molecule has 0 saturated heterocycles. The predicted molar refractivity (Wildman–Crippen MR) is 47.6 cm³/mol. The second-order valence-corrected chi connectivity index (χ2v) is 3.50. The van der Waals surface area contributed by atoms with Gasteiger partial charge in [0.05, 0.1) is 6.54 Å². The quantitative estimate of drug-likeness (QED) is 0.726. The lowest BCUT2D eigenvalue weighted by molar-refractivity contribution is -0.143. The predicted octanol–water partition coefficient (Wildman–Crippen LogP) is 0.331. The fourth-order valence-electron chi connectivity index (χ4n) is 0.781. The number of nitrogens with one attached hydrogen (secondary N) is 1. The Bertz CT molecular complexity index is 332. The standard InChI is InChI=1S/C8H13N3O3/c1-5-10-11-6(14-5)4-9-8(2,3)7(12)13/h9H,4H2,1-3H3,(H,12,13). The zero-order valence-corrected chi connectivity index (χ0v) is 8.37. The van der Waals surface area contributed by atoms with Crippen LogP contribution in [0.25, 0.3) is 0 Å². The molecule has 0 fully saturated rings. The molecule has 1 heterocycles. The number of carboxylic acid groups (broad SMARTS) is 1. The number of hydrogen-bond acceptors (Lipinski definition) is 5. The van der Waals surface area contributed by atoms with Crippen molar-refractivity contribution >= 4 is 5.97 Å². The number of carboxylic acids is 1. The van der Waals surface area contributed by atoms with E-state index in [0.29, 0.717) is 11.8 Å². The van der Waals surface area contributed by atoms with Crippen molar-refractivity contribution in [3.05, 3.63) is 11.8 Å². The second-order valence-electron chi connectivity index (χ2n) is 3.50. The van der Waals surface area contributed by atoms with Gasteiger partial charge in [0, 0.05) is 6.92 Å². The van der Waals surface area contributed by atoms with Crippen LogP contribution in [-0.2, 0) is 11.3 Å². The number of aliphatic carboxylic acids is 1. The van der Waals surface area contributed by atoms with E-state index < -0.39 is 11.5 Å². The van der Waals surface area contributed by atoms with E-state index in [-0.39, 0.29) is 6.54 Å². The third-order valence-electron chi connectivity index (χ3n) is 1.78. The Morgan fingerprint density at radius 3 is 2.64 bits per heavy atom. The minimum absolute atomic E-state index is 0.250. The molecule has 6 nitrogen and oxygen atoms in total. The van der Waals surface area contributed by atoms with E-state index in [4.69, 9.17) is 9.52 Å². The van der Waals surface area contributed by atoms with Crippen molar-refractivity contribution in [3.8, 4) is 0 Å². The number of carbonyl (C=O) groups is 1. The van der Waals surface area contributed by atoms with E-state index in [0.717, 1.165) is 0 Å². The SMILES string of the molecule is Cc1nnc(CNC(C)(C)C(=O)O)o1. The van der Waals surface area contributed by atoms with Gasteiger partial charge in [0.1, 0.15) is 5.54 Å². The number of nitrogens with zero attached hydrogens (tertiary/aromatic N) is 2. The molecule has 0 aliphatic rings. The molecule has 0 atom stereocenters. The largest absolute Gasteiger partial charge is 0.480 e. The van der Waals surface area contributed by atoms with Crippen molar-refractivity contribution in [2.45, 2.75) is 32.9 Å². The van der Waals surface area contributed by atoms with Gasteiger partial charge in [-0.1, -0.05) is 0 Å². The van der Waals surface area contributed by atoms with Gasteiger partial charge in [-0.15, -0.1) is 10.2 Å². The van der Waals surface area contributed by atoms with E-state index in [2.05, 4.69) is 15.5 Å². The van der Waals surface area contributed by atoms with Crippen LogP contribution in [-0.4, -0.2) is 26.8 Å². The molecule has 2 N–H and O–H groups in total. The summed E-state index contributed by atoms with van der Waals surface area (Å²) in [6.07, 6.45) is 0. The number of hydrogen-bond donors (Lipinski definition) is 2. The van der Waals surface area contributed by atoms with Gasteiger partial charge in [0.25, 0.3) is 0 Å². The molecule has 14 heavy (non-hydrogen) atoms. The topological polar surface area (TPSA) is 88.2 Å². The van der Waals surface area contributed by atoms with Gasteiger partial charge < -0.3 is 9.52 Å². The Hall–Kier alpha value is -1.43. The third kappa shape index (κ3) is 2.53. The number of aryl methyl sites for hydroxylation is 1. The van der Waals surface area contributed by atoms with Gasteiger partial charge in [0.2, 0.25) is 11.8 Å². The molecule has 0 saturated carbocycles. The molecule has 1 aromatic rings. The Morgan fingerprint density at radius 1 is 1.57 bits per heavy atom. The molecular formula is C8H13N3O3. The Morgan fingerprint density at radius 2 is 2.21 bits per heavy atom. The van der Waals surface area contributed by atoms with Gasteiger partial charge in [-0.25, -0.2) is 0 Å². The molecule has 0 unspecified atom stereocenters. The second kappa shape index (κ2) is 3.75. The highest BCUT2D eigenvalue weighted by atomic mass is 16.4. The average Bonchev–Trinajstić information content (AvgIpc) is 2.48. The maximum absolute atomic E-state index is 10.7. The van der Waals surface area contributed by atoms with Crippen LogP contribution in [0.5, 0.6) is 0 Å². The highest BCUT2D eigenvalue weighted by Crippen LogP contribution is 2.04. The molecule has 78 valence electrons. The van der Waals surface area contributed by atoms with Gasteiger partial charge in [-0.2, -0.15) is 0 Å². The summed E-state index contributed by atoms with van der Waals surface area (Å²) in [5.41, 5.74) is -0.998. The lowest BCUT2D eigenvalue weighted by Crippen LogP contribution is -2.46. The first kappa shape index (κ1) is 10.6. The first-order chi connectivity index (χ1) is 6.42. The zero-order chi connectivity index (χ0) is 10.8. The van der Waals surface area contributed by atoms with Crippen LogP contribution in [0.1, 0.15) is 25.6 Å². The van der Waals surface area contributed by atoms with Crippen LogP contribution in [0.3, 0.4) is 0 Å². The minimum atomic E-state index is -0.998. The van der Waals surface area contributed by atoms with Crippen LogP contribution < -0.4 is 5.32 Å². The summed E-state index contributed by atoms with van der Waals surface area (Å²) < 4.78 is 5.08. The monoisotopic (exact) mass is 199 g/mol. The van der Waals surface area contributed by atoms with Crippen molar-refractivity contribution in [3.63, 3.8) is 0 Å². The van der Waals surface area contributed by atoms with Crippen molar-refractivity contribution in [2.24, 2.45) is 0 Å². The van der Waals surface area contributed by atoms with Crippen molar-refractivity contribution < 1.29 is 14.3 Å². The molecule has 6 heteroatoms. The summed E-state index contributed by atoms with van der Waals surface area (Å²) in [4.78, 5) is 10.7. The molecule has 0 aromatic carbocycles. The molecule has 0 amide bonds. The molecule has 0 aliphatic heterocycles. The van der Waals surface area contributed by atoms with Crippen LogP contribution in [0, 0.1) is 6.92 Å². The molecule has 1 rings (SSSR count). The first-order valence-corrected chi connectivity index (χ1v) is 4.19. The van der Waals surface area contributed by atoms with Gasteiger partial charge in [-0.3, -0.25) is 10.1 Å². The fraction of sp³-hybridized carbons (Fsp3) is 0.625. The number of rotatable bonds is 4. The maximum Gasteiger partial charge on any atom is 0.323 e. The Labute approximate surface area is 81.3 Å². The van der Waals surface area contributed by atoms with Crippen molar-refractivity contribution in [1.82, 2.24) is 15.5 Å². The molecule has 1 aromatic heterocycles. The summed E-state index contributed by atoms with van der Waals surface area (Å²) in [5, 5.41) is 19.0. The first-order valence-electron chi connectivity index (χ1n) is 4.19. The normalized spacial score (nSPS) is 11.6. The molecule has 0 radical (unpaired) electrons. The van der Waals surface area contributed by atoms with Crippen LogP contribution in [0.15, 0.2) is 4.42 Å². The van der Waals surface area contributed by atoms with E-state index in [1.807, 2.05) is 0 Å².